The van der Waals surface area contributed by atoms with E-state index >= 15 is 0 Å². The van der Waals surface area contributed by atoms with Crippen molar-refractivity contribution in [3.63, 3.8) is 0 Å². The van der Waals surface area contributed by atoms with Gasteiger partial charge in [0.2, 0.25) is 0 Å². The highest BCUT2D eigenvalue weighted by Gasteiger charge is 2.23. The van der Waals surface area contributed by atoms with E-state index in [1.807, 2.05) is 12.3 Å². The number of nitrogens with zero attached hydrogens (tertiary/aromatic N) is 2. The van der Waals surface area contributed by atoms with Gasteiger partial charge in [-0.3, -0.25) is 4.98 Å². The number of piperidine rings is 2. The van der Waals surface area contributed by atoms with Crippen molar-refractivity contribution in [3.05, 3.63) is 24.0 Å². The van der Waals surface area contributed by atoms with E-state index in [1.165, 1.54) is 18.7 Å². The van der Waals surface area contributed by atoms with Crippen molar-refractivity contribution in [2.45, 2.75) is 37.7 Å². The van der Waals surface area contributed by atoms with Crippen LogP contribution in [0, 0.1) is 0 Å². The summed E-state index contributed by atoms with van der Waals surface area (Å²) in [4.78, 5) is 6.98. The molecule has 110 valence electrons. The van der Waals surface area contributed by atoms with Gasteiger partial charge in [0.25, 0.3) is 0 Å². The van der Waals surface area contributed by atoms with Crippen LogP contribution in [0.5, 0.6) is 5.75 Å². The second kappa shape index (κ2) is 6.55. The standard InChI is InChI=1S/C16H25N3O/c1-19-11-3-4-14(12-19)20-15-5-2-8-18-16(15)13-6-9-17-10-7-13/h2,5,8,13-14,17H,3-4,6-7,9-12H2,1H3/t14-/m0/s1. The molecule has 0 aliphatic carbocycles. The number of aromatic nitrogens is 1. The highest BCUT2D eigenvalue weighted by atomic mass is 16.5. The summed E-state index contributed by atoms with van der Waals surface area (Å²) in [5.41, 5.74) is 1.17. The molecule has 0 saturated carbocycles. The monoisotopic (exact) mass is 275 g/mol. The predicted molar refractivity (Wildman–Crippen MR) is 80.2 cm³/mol. The van der Waals surface area contributed by atoms with Gasteiger partial charge in [-0.2, -0.15) is 0 Å². The minimum absolute atomic E-state index is 0.318. The molecule has 0 radical (unpaired) electrons. The minimum Gasteiger partial charge on any atom is -0.487 e. The van der Waals surface area contributed by atoms with Gasteiger partial charge < -0.3 is 15.0 Å². The molecule has 0 bridgehead atoms. The number of hydrogen-bond acceptors (Lipinski definition) is 4. The highest BCUT2D eigenvalue weighted by molar-refractivity contribution is 5.30. The minimum atomic E-state index is 0.318. The van der Waals surface area contributed by atoms with Crippen LogP contribution in [-0.2, 0) is 0 Å². The molecule has 0 aromatic carbocycles. The predicted octanol–water partition coefficient (Wildman–Crippen LogP) is 2.02. The molecule has 3 rings (SSSR count). The van der Waals surface area contributed by atoms with E-state index in [2.05, 4.69) is 28.3 Å². The van der Waals surface area contributed by atoms with Gasteiger partial charge in [0.15, 0.2) is 0 Å². The maximum atomic E-state index is 6.29. The van der Waals surface area contributed by atoms with E-state index in [9.17, 15) is 0 Å². The molecule has 2 aliphatic heterocycles. The van der Waals surface area contributed by atoms with Gasteiger partial charge in [-0.15, -0.1) is 0 Å². The lowest BCUT2D eigenvalue weighted by molar-refractivity contribution is 0.102. The average molecular weight is 275 g/mol. The first-order valence-corrected chi connectivity index (χ1v) is 7.84. The van der Waals surface area contributed by atoms with Crippen LogP contribution in [0.2, 0.25) is 0 Å². The topological polar surface area (TPSA) is 37.4 Å². The zero-order valence-electron chi connectivity index (χ0n) is 12.3. The summed E-state index contributed by atoms with van der Waals surface area (Å²) < 4.78 is 6.29. The Morgan fingerprint density at radius 3 is 2.95 bits per heavy atom. The zero-order chi connectivity index (χ0) is 13.8. The Morgan fingerprint density at radius 2 is 2.15 bits per heavy atom. The van der Waals surface area contributed by atoms with Crippen molar-refractivity contribution in [2.75, 3.05) is 33.2 Å². The van der Waals surface area contributed by atoms with E-state index in [0.29, 0.717) is 12.0 Å². The second-order valence-corrected chi connectivity index (χ2v) is 6.06. The van der Waals surface area contributed by atoms with Gasteiger partial charge in [0, 0.05) is 18.7 Å². The number of rotatable bonds is 3. The Balaban J connectivity index is 1.71. The van der Waals surface area contributed by atoms with Gasteiger partial charge in [0.1, 0.15) is 11.9 Å². The van der Waals surface area contributed by atoms with Crippen LogP contribution < -0.4 is 10.1 Å². The Labute approximate surface area is 121 Å². The summed E-state index contributed by atoms with van der Waals surface area (Å²) in [6.07, 6.45) is 6.93. The molecule has 4 nitrogen and oxygen atoms in total. The molecule has 0 amide bonds. The van der Waals surface area contributed by atoms with Crippen molar-refractivity contribution < 1.29 is 4.74 Å². The van der Waals surface area contributed by atoms with Crippen molar-refractivity contribution >= 4 is 0 Å². The number of hydrogen-bond donors (Lipinski definition) is 1. The third-order valence-corrected chi connectivity index (χ3v) is 4.40. The largest absolute Gasteiger partial charge is 0.487 e. The smallest absolute Gasteiger partial charge is 0.141 e. The summed E-state index contributed by atoms with van der Waals surface area (Å²) in [5, 5.41) is 3.42. The Kier molecular flexibility index (Phi) is 4.53. The summed E-state index contributed by atoms with van der Waals surface area (Å²) in [6.45, 7) is 4.40. The van der Waals surface area contributed by atoms with Crippen molar-refractivity contribution in [1.82, 2.24) is 15.2 Å². The summed E-state index contributed by atoms with van der Waals surface area (Å²) >= 11 is 0. The molecule has 1 aromatic rings. The van der Waals surface area contributed by atoms with Crippen LogP contribution in [0.1, 0.15) is 37.3 Å². The first-order valence-electron chi connectivity index (χ1n) is 7.84. The Morgan fingerprint density at radius 1 is 1.30 bits per heavy atom. The molecule has 4 heteroatoms. The molecular weight excluding hydrogens is 250 g/mol. The molecule has 3 heterocycles. The van der Waals surface area contributed by atoms with E-state index in [0.717, 1.165) is 44.6 Å². The van der Waals surface area contributed by atoms with Crippen LogP contribution in [-0.4, -0.2) is 49.2 Å². The fourth-order valence-electron chi connectivity index (χ4n) is 3.30. The van der Waals surface area contributed by atoms with Crippen LogP contribution >= 0.6 is 0 Å². The van der Waals surface area contributed by atoms with Crippen molar-refractivity contribution in [3.8, 4) is 5.75 Å². The average Bonchev–Trinajstić information content (AvgIpc) is 2.49. The van der Waals surface area contributed by atoms with E-state index in [-0.39, 0.29) is 0 Å². The Hall–Kier alpha value is -1.13. The fraction of sp³-hybridized carbons (Fsp3) is 0.688. The molecule has 1 atom stereocenters. The van der Waals surface area contributed by atoms with Crippen LogP contribution in [0.3, 0.4) is 0 Å². The molecule has 2 fully saturated rings. The molecule has 2 aliphatic rings. The van der Waals surface area contributed by atoms with E-state index in [4.69, 9.17) is 4.74 Å². The fourth-order valence-corrected chi connectivity index (χ4v) is 3.30. The maximum absolute atomic E-state index is 6.29. The SMILES string of the molecule is CN1CCC[C@H](Oc2cccnc2C2CCNCC2)C1. The van der Waals surface area contributed by atoms with Gasteiger partial charge in [0.05, 0.1) is 5.69 Å². The summed E-state index contributed by atoms with van der Waals surface area (Å²) in [5.74, 6) is 1.56. The number of likely N-dealkylation sites (tertiary alicyclic amines) is 1. The molecule has 2 saturated heterocycles. The van der Waals surface area contributed by atoms with Gasteiger partial charge in [-0.1, -0.05) is 0 Å². The quantitative estimate of drug-likeness (QED) is 0.916. The molecule has 20 heavy (non-hydrogen) atoms. The molecule has 1 N–H and O–H groups in total. The van der Waals surface area contributed by atoms with Gasteiger partial charge in [-0.25, -0.2) is 0 Å². The van der Waals surface area contributed by atoms with Crippen LogP contribution in [0.15, 0.2) is 18.3 Å². The molecule has 0 unspecified atom stereocenters. The van der Waals surface area contributed by atoms with Crippen molar-refractivity contribution in [1.29, 1.82) is 0 Å². The Bertz CT molecular complexity index is 431. The van der Waals surface area contributed by atoms with E-state index < -0.39 is 0 Å². The van der Waals surface area contributed by atoms with E-state index in [1.54, 1.807) is 0 Å². The first kappa shape index (κ1) is 13.8. The van der Waals surface area contributed by atoms with Crippen LogP contribution in [0.25, 0.3) is 0 Å². The first-order chi connectivity index (χ1) is 9.83. The lowest BCUT2D eigenvalue weighted by Gasteiger charge is -2.31. The molecule has 0 spiro atoms. The number of nitrogens with one attached hydrogen (secondary N) is 1. The molecular formula is C16H25N3O. The van der Waals surface area contributed by atoms with Gasteiger partial charge in [-0.05, 0) is 64.5 Å². The number of ether oxygens (including phenoxy) is 1. The lowest BCUT2D eigenvalue weighted by Crippen LogP contribution is -2.38. The van der Waals surface area contributed by atoms with Crippen LogP contribution in [0.4, 0.5) is 0 Å². The lowest BCUT2D eigenvalue weighted by atomic mass is 9.93. The normalized spacial score (nSPS) is 25.6. The third-order valence-electron chi connectivity index (χ3n) is 4.40. The maximum Gasteiger partial charge on any atom is 0.141 e. The zero-order valence-corrected chi connectivity index (χ0v) is 12.3. The van der Waals surface area contributed by atoms with Gasteiger partial charge >= 0.3 is 0 Å². The summed E-state index contributed by atoms with van der Waals surface area (Å²) in [6, 6.07) is 4.09. The van der Waals surface area contributed by atoms with Crippen molar-refractivity contribution in [2.24, 2.45) is 0 Å². The second-order valence-electron chi connectivity index (χ2n) is 6.06. The third kappa shape index (κ3) is 3.30. The highest BCUT2D eigenvalue weighted by Crippen LogP contribution is 2.31. The summed E-state index contributed by atoms with van der Waals surface area (Å²) in [7, 11) is 2.17. The number of pyridine rings is 1. The number of likely N-dealkylation sites (N-methyl/N-ethyl adjacent to an activating group) is 1. The molecule has 1 aromatic heterocycles.